The molecule has 28 heavy (non-hydrogen) atoms. The Bertz CT molecular complexity index is 804. The van der Waals surface area contributed by atoms with Gasteiger partial charge in [0.25, 0.3) is 5.69 Å². The Labute approximate surface area is 164 Å². The zero-order chi connectivity index (χ0) is 19.8. The first-order chi connectivity index (χ1) is 13.6. The van der Waals surface area contributed by atoms with Crippen LogP contribution < -0.4 is 15.5 Å². The van der Waals surface area contributed by atoms with Gasteiger partial charge in [-0.05, 0) is 43.9 Å². The van der Waals surface area contributed by atoms with Crippen molar-refractivity contribution in [1.82, 2.24) is 4.98 Å². The quantitative estimate of drug-likeness (QED) is 0.408. The van der Waals surface area contributed by atoms with Gasteiger partial charge >= 0.3 is 0 Å². The van der Waals surface area contributed by atoms with Gasteiger partial charge in [0.1, 0.15) is 11.5 Å². The molecule has 0 radical (unpaired) electrons. The van der Waals surface area contributed by atoms with Gasteiger partial charge in [0.2, 0.25) is 5.91 Å². The molecule has 8 nitrogen and oxygen atoms in total. The number of rotatable bonds is 8. The molecule has 148 valence electrons. The number of nitrogens with zero attached hydrogens (tertiary/aromatic N) is 3. The number of nitro groups is 1. The Balaban J connectivity index is 1.41. The summed E-state index contributed by atoms with van der Waals surface area (Å²) in [6.07, 6.45) is 6.24. The fourth-order valence-corrected chi connectivity index (χ4v) is 3.25. The highest BCUT2D eigenvalue weighted by atomic mass is 16.6. The molecule has 1 saturated heterocycles. The van der Waals surface area contributed by atoms with Crippen LogP contribution in [0.4, 0.5) is 22.9 Å². The van der Waals surface area contributed by atoms with E-state index >= 15 is 0 Å². The Kier molecular flexibility index (Phi) is 6.78. The summed E-state index contributed by atoms with van der Waals surface area (Å²) < 4.78 is 0. The molecule has 8 heteroatoms. The summed E-state index contributed by atoms with van der Waals surface area (Å²) in [6, 6.07) is 10.3. The highest BCUT2D eigenvalue weighted by molar-refractivity contribution is 5.90. The predicted molar refractivity (Wildman–Crippen MR) is 110 cm³/mol. The third kappa shape index (κ3) is 5.42. The van der Waals surface area contributed by atoms with Crippen LogP contribution in [-0.4, -0.2) is 35.4 Å². The summed E-state index contributed by atoms with van der Waals surface area (Å²) in [5, 5.41) is 16.8. The van der Waals surface area contributed by atoms with Crippen molar-refractivity contribution >= 4 is 28.8 Å². The third-order valence-corrected chi connectivity index (χ3v) is 4.71. The maximum atomic E-state index is 12.1. The Morgan fingerprint density at radius 1 is 1.14 bits per heavy atom. The molecule has 2 aromatic rings. The number of carbonyl (C=O) groups is 1. The van der Waals surface area contributed by atoms with Crippen molar-refractivity contribution < 1.29 is 9.72 Å². The topological polar surface area (TPSA) is 100 Å². The monoisotopic (exact) mass is 383 g/mol. The molecule has 0 spiro atoms. The Hall–Kier alpha value is -3.16. The second-order valence-corrected chi connectivity index (χ2v) is 6.81. The molecular weight excluding hydrogens is 358 g/mol. The van der Waals surface area contributed by atoms with Gasteiger partial charge in [0.05, 0.1) is 16.8 Å². The average Bonchev–Trinajstić information content (AvgIpc) is 2.72. The normalized spacial score (nSPS) is 13.8. The lowest BCUT2D eigenvalue weighted by Crippen LogP contribution is -2.30. The number of anilines is 3. The minimum absolute atomic E-state index is 0.0341. The number of nitrogens with one attached hydrogen (secondary N) is 2. The van der Waals surface area contributed by atoms with Crippen LogP contribution in [0.1, 0.15) is 32.1 Å². The predicted octanol–water partition coefficient (Wildman–Crippen LogP) is 3.81. The summed E-state index contributed by atoms with van der Waals surface area (Å²) in [7, 11) is 0. The molecule has 0 bridgehead atoms. The highest BCUT2D eigenvalue weighted by Crippen LogP contribution is 2.23. The molecule has 0 saturated carbocycles. The number of carbonyl (C=O) groups excluding carboxylic acids is 1. The van der Waals surface area contributed by atoms with Crippen LogP contribution in [0.3, 0.4) is 0 Å². The van der Waals surface area contributed by atoms with Gasteiger partial charge in [-0.15, -0.1) is 0 Å². The SMILES string of the molecule is O=C(CCCNc1ccccc1[N+](=O)[O-])Nc1ccc(N2CCCCC2)nc1. The molecule has 0 atom stereocenters. The smallest absolute Gasteiger partial charge is 0.292 e. The van der Waals surface area contributed by atoms with Crippen LogP contribution >= 0.6 is 0 Å². The number of pyridine rings is 1. The fourth-order valence-electron chi connectivity index (χ4n) is 3.25. The first kappa shape index (κ1) is 19.6. The number of nitro benzene ring substituents is 1. The van der Waals surface area contributed by atoms with Crippen LogP contribution in [0.25, 0.3) is 0 Å². The number of hydrogen-bond acceptors (Lipinski definition) is 6. The molecule has 1 amide bonds. The summed E-state index contributed by atoms with van der Waals surface area (Å²) in [5.74, 6) is 0.850. The minimum atomic E-state index is -0.421. The van der Waals surface area contributed by atoms with Crippen LogP contribution in [0.2, 0.25) is 0 Å². The van der Waals surface area contributed by atoms with E-state index in [0.717, 1.165) is 18.9 Å². The zero-order valence-electron chi connectivity index (χ0n) is 15.8. The van der Waals surface area contributed by atoms with E-state index in [1.54, 1.807) is 24.4 Å². The fraction of sp³-hybridized carbons (Fsp3) is 0.400. The van der Waals surface area contributed by atoms with Crippen molar-refractivity contribution in [3.8, 4) is 0 Å². The molecule has 2 heterocycles. The van der Waals surface area contributed by atoms with E-state index in [2.05, 4.69) is 20.5 Å². The van der Waals surface area contributed by atoms with E-state index in [0.29, 0.717) is 30.8 Å². The second-order valence-electron chi connectivity index (χ2n) is 6.81. The van der Waals surface area contributed by atoms with Crippen LogP contribution in [0.5, 0.6) is 0 Å². The van der Waals surface area contributed by atoms with Crippen molar-refractivity contribution in [2.75, 3.05) is 35.2 Å². The van der Waals surface area contributed by atoms with E-state index in [9.17, 15) is 14.9 Å². The van der Waals surface area contributed by atoms with Gasteiger partial charge < -0.3 is 15.5 Å². The summed E-state index contributed by atoms with van der Waals surface area (Å²) in [6.45, 7) is 2.54. The maximum absolute atomic E-state index is 12.1. The average molecular weight is 383 g/mol. The molecule has 1 aromatic carbocycles. The van der Waals surface area contributed by atoms with Crippen molar-refractivity contribution in [2.24, 2.45) is 0 Å². The van der Waals surface area contributed by atoms with Gasteiger partial charge in [-0.3, -0.25) is 14.9 Å². The van der Waals surface area contributed by atoms with Crippen LogP contribution in [0.15, 0.2) is 42.6 Å². The third-order valence-electron chi connectivity index (χ3n) is 4.71. The summed E-state index contributed by atoms with van der Waals surface area (Å²) >= 11 is 0. The minimum Gasteiger partial charge on any atom is -0.379 e. The first-order valence-electron chi connectivity index (χ1n) is 9.61. The van der Waals surface area contributed by atoms with Gasteiger partial charge in [0, 0.05) is 32.1 Å². The number of piperidine rings is 1. The van der Waals surface area contributed by atoms with E-state index < -0.39 is 4.92 Å². The lowest BCUT2D eigenvalue weighted by Gasteiger charge is -2.27. The highest BCUT2D eigenvalue weighted by Gasteiger charge is 2.13. The van der Waals surface area contributed by atoms with Crippen molar-refractivity contribution in [3.63, 3.8) is 0 Å². The number of amides is 1. The van der Waals surface area contributed by atoms with Crippen LogP contribution in [0, 0.1) is 10.1 Å². The largest absolute Gasteiger partial charge is 0.379 e. The molecule has 0 aliphatic carbocycles. The van der Waals surface area contributed by atoms with Crippen molar-refractivity contribution in [1.29, 1.82) is 0 Å². The number of benzene rings is 1. The van der Waals surface area contributed by atoms with Gasteiger partial charge in [-0.1, -0.05) is 12.1 Å². The lowest BCUT2D eigenvalue weighted by atomic mass is 10.1. The Morgan fingerprint density at radius 3 is 2.64 bits per heavy atom. The lowest BCUT2D eigenvalue weighted by molar-refractivity contribution is -0.384. The summed E-state index contributed by atoms with van der Waals surface area (Å²) in [5.41, 5.74) is 1.18. The summed E-state index contributed by atoms with van der Waals surface area (Å²) in [4.78, 5) is 29.4. The molecule has 0 unspecified atom stereocenters. The molecule has 1 aliphatic heterocycles. The number of aromatic nitrogens is 1. The maximum Gasteiger partial charge on any atom is 0.292 e. The van der Waals surface area contributed by atoms with E-state index in [4.69, 9.17) is 0 Å². The molecule has 1 fully saturated rings. The molecule has 2 N–H and O–H groups in total. The van der Waals surface area contributed by atoms with Crippen molar-refractivity contribution in [2.45, 2.75) is 32.1 Å². The van der Waals surface area contributed by atoms with Gasteiger partial charge in [0.15, 0.2) is 0 Å². The number of para-hydroxylation sites is 2. The van der Waals surface area contributed by atoms with Crippen molar-refractivity contribution in [3.05, 3.63) is 52.7 Å². The number of hydrogen-bond donors (Lipinski definition) is 2. The van der Waals surface area contributed by atoms with E-state index in [1.165, 1.54) is 25.3 Å². The first-order valence-corrected chi connectivity index (χ1v) is 9.61. The molecule has 3 rings (SSSR count). The molecular formula is C20H25N5O3. The van der Waals surface area contributed by atoms with E-state index in [1.807, 2.05) is 12.1 Å². The van der Waals surface area contributed by atoms with Gasteiger partial charge in [-0.2, -0.15) is 0 Å². The van der Waals surface area contributed by atoms with Gasteiger partial charge in [-0.25, -0.2) is 4.98 Å². The van der Waals surface area contributed by atoms with Crippen LogP contribution in [-0.2, 0) is 4.79 Å². The van der Waals surface area contributed by atoms with E-state index in [-0.39, 0.29) is 11.6 Å². The Morgan fingerprint density at radius 2 is 1.93 bits per heavy atom. The molecule has 1 aromatic heterocycles. The zero-order valence-corrected chi connectivity index (χ0v) is 15.8. The standard InChI is InChI=1S/C20H25N5O3/c26-20(9-6-12-21-17-7-2-3-8-18(17)25(27)28)23-16-10-11-19(22-15-16)24-13-4-1-5-14-24/h2-3,7-8,10-11,15,21H,1,4-6,9,12-14H2,(H,23,26). The molecule has 1 aliphatic rings. The second kappa shape index (κ2) is 9.68.